The van der Waals surface area contributed by atoms with Crippen LogP contribution in [0.25, 0.3) is 0 Å². The van der Waals surface area contributed by atoms with Gasteiger partial charge in [0, 0.05) is 19.1 Å². The molecule has 0 bridgehead atoms. The number of ether oxygens (including phenoxy) is 1. The van der Waals surface area contributed by atoms with Crippen molar-refractivity contribution in [2.45, 2.75) is 64.0 Å². The van der Waals surface area contributed by atoms with Gasteiger partial charge in [0.2, 0.25) is 5.91 Å². The Balaban J connectivity index is 2.16. The van der Waals surface area contributed by atoms with Crippen molar-refractivity contribution in [2.75, 3.05) is 6.54 Å². The number of benzene rings is 1. The van der Waals surface area contributed by atoms with E-state index in [4.69, 9.17) is 10.5 Å². The Morgan fingerprint density at radius 2 is 1.90 bits per heavy atom. The molecule has 0 aliphatic carbocycles. The van der Waals surface area contributed by atoms with Crippen LogP contribution in [0.5, 0.6) is 0 Å². The molecule has 1 heterocycles. The Bertz CT molecular complexity index is 792. The minimum absolute atomic E-state index is 0.0552. The van der Waals surface area contributed by atoms with Gasteiger partial charge in [-0.3, -0.25) is 9.69 Å². The van der Waals surface area contributed by atoms with Crippen LogP contribution in [0, 0.1) is 5.82 Å². The molecule has 2 unspecified atom stereocenters. The van der Waals surface area contributed by atoms with Gasteiger partial charge in [-0.15, -0.1) is 0 Å². The number of amides is 2. The SMILES string of the molecule is CC(C)(C)OC(=O)N1CC(N)CC1(C)C(=O)NCc1cc(F)cc(C(F)(F)F)c1. The summed E-state index contributed by atoms with van der Waals surface area (Å²) in [6, 6.07) is 1.58. The van der Waals surface area contributed by atoms with Crippen LogP contribution in [0.1, 0.15) is 45.2 Å². The molecule has 2 atom stereocenters. The number of nitrogens with one attached hydrogen (secondary N) is 1. The number of nitrogens with zero attached hydrogens (tertiary/aromatic N) is 1. The van der Waals surface area contributed by atoms with Gasteiger partial charge in [0.25, 0.3) is 0 Å². The summed E-state index contributed by atoms with van der Waals surface area (Å²) in [4.78, 5) is 26.5. The van der Waals surface area contributed by atoms with E-state index >= 15 is 0 Å². The quantitative estimate of drug-likeness (QED) is 0.737. The first-order chi connectivity index (χ1) is 13.1. The average Bonchev–Trinajstić information content (AvgIpc) is 2.86. The summed E-state index contributed by atoms with van der Waals surface area (Å²) < 4.78 is 57.4. The lowest BCUT2D eigenvalue weighted by atomic mass is 9.96. The molecule has 1 aromatic rings. The number of likely N-dealkylation sites (tertiary alicyclic amines) is 1. The minimum Gasteiger partial charge on any atom is -0.444 e. The maximum absolute atomic E-state index is 13.5. The number of halogens is 4. The lowest BCUT2D eigenvalue weighted by Crippen LogP contribution is -2.56. The van der Waals surface area contributed by atoms with Crippen LogP contribution < -0.4 is 11.1 Å². The average molecular weight is 419 g/mol. The van der Waals surface area contributed by atoms with Gasteiger partial charge in [0.05, 0.1) is 5.56 Å². The Kier molecular flexibility index (Phi) is 6.18. The molecule has 2 rings (SSSR count). The second kappa shape index (κ2) is 7.81. The molecule has 1 aromatic carbocycles. The fourth-order valence-corrected chi connectivity index (χ4v) is 3.22. The van der Waals surface area contributed by atoms with Gasteiger partial charge >= 0.3 is 12.3 Å². The second-order valence-electron chi connectivity index (χ2n) is 8.36. The predicted octanol–water partition coefficient (Wildman–Crippen LogP) is 3.19. The van der Waals surface area contributed by atoms with Crippen LogP contribution >= 0.6 is 0 Å². The van der Waals surface area contributed by atoms with Gasteiger partial charge in [0.15, 0.2) is 0 Å². The maximum atomic E-state index is 13.5. The van der Waals surface area contributed by atoms with Crippen LogP contribution in [0.3, 0.4) is 0 Å². The van der Waals surface area contributed by atoms with Crippen molar-refractivity contribution in [3.63, 3.8) is 0 Å². The van der Waals surface area contributed by atoms with Crippen LogP contribution in [0.2, 0.25) is 0 Å². The number of carbonyl (C=O) groups is 2. The van der Waals surface area contributed by atoms with E-state index in [1.54, 1.807) is 20.8 Å². The molecule has 1 aliphatic rings. The van der Waals surface area contributed by atoms with Gasteiger partial charge in [-0.1, -0.05) is 0 Å². The third-order valence-electron chi connectivity index (χ3n) is 4.51. The zero-order valence-corrected chi connectivity index (χ0v) is 16.7. The van der Waals surface area contributed by atoms with Gasteiger partial charge < -0.3 is 15.8 Å². The van der Waals surface area contributed by atoms with E-state index in [0.29, 0.717) is 6.07 Å². The highest BCUT2D eigenvalue weighted by atomic mass is 19.4. The maximum Gasteiger partial charge on any atom is 0.416 e. The van der Waals surface area contributed by atoms with Gasteiger partial charge in [-0.05, 0) is 57.9 Å². The highest BCUT2D eigenvalue weighted by Crippen LogP contribution is 2.32. The third-order valence-corrected chi connectivity index (χ3v) is 4.51. The Labute approximate surface area is 166 Å². The number of hydrogen-bond donors (Lipinski definition) is 2. The normalized spacial score (nSPS) is 22.5. The molecule has 2 amide bonds. The molecule has 29 heavy (non-hydrogen) atoms. The Morgan fingerprint density at radius 1 is 1.28 bits per heavy atom. The third kappa shape index (κ3) is 5.59. The number of carbonyl (C=O) groups excluding carboxylic acids is 2. The number of hydrogen-bond acceptors (Lipinski definition) is 4. The monoisotopic (exact) mass is 419 g/mol. The molecule has 162 valence electrons. The Hall–Kier alpha value is -2.36. The molecule has 0 saturated carbocycles. The van der Waals surface area contributed by atoms with Crippen molar-refractivity contribution in [3.8, 4) is 0 Å². The van der Waals surface area contributed by atoms with E-state index < -0.39 is 46.7 Å². The fourth-order valence-electron chi connectivity index (χ4n) is 3.22. The summed E-state index contributed by atoms with van der Waals surface area (Å²) in [5.74, 6) is -1.68. The first-order valence-electron chi connectivity index (χ1n) is 9.03. The highest BCUT2D eigenvalue weighted by Gasteiger charge is 2.50. The van der Waals surface area contributed by atoms with Crippen LogP contribution in [0.15, 0.2) is 18.2 Å². The summed E-state index contributed by atoms with van der Waals surface area (Å²) in [6.45, 7) is 6.30. The molecule has 0 aromatic heterocycles. The molecule has 1 fully saturated rings. The van der Waals surface area contributed by atoms with Gasteiger partial charge in [-0.25, -0.2) is 9.18 Å². The molecule has 0 spiro atoms. The number of nitrogens with two attached hydrogens (primary N) is 1. The lowest BCUT2D eigenvalue weighted by Gasteiger charge is -2.35. The molecular weight excluding hydrogens is 394 g/mol. The smallest absolute Gasteiger partial charge is 0.416 e. The molecule has 6 nitrogen and oxygen atoms in total. The summed E-state index contributed by atoms with van der Waals surface area (Å²) in [5, 5.41) is 2.48. The van der Waals surface area contributed by atoms with E-state index in [0.717, 1.165) is 12.1 Å². The van der Waals surface area contributed by atoms with E-state index in [1.165, 1.54) is 11.8 Å². The zero-order valence-electron chi connectivity index (χ0n) is 16.7. The van der Waals surface area contributed by atoms with Gasteiger partial charge in [0.1, 0.15) is 17.0 Å². The van der Waals surface area contributed by atoms with Crippen molar-refractivity contribution < 1.29 is 31.9 Å². The summed E-state index contributed by atoms with van der Waals surface area (Å²) in [5.41, 5.74) is 2.60. The minimum atomic E-state index is -4.71. The first-order valence-corrected chi connectivity index (χ1v) is 9.03. The summed E-state index contributed by atoms with van der Waals surface area (Å²) in [6.07, 6.45) is -5.28. The van der Waals surface area contributed by atoms with Crippen molar-refractivity contribution in [2.24, 2.45) is 5.73 Å². The molecular formula is C19H25F4N3O3. The van der Waals surface area contributed by atoms with Crippen molar-refractivity contribution in [1.29, 1.82) is 0 Å². The predicted molar refractivity (Wildman–Crippen MR) is 97.2 cm³/mol. The van der Waals surface area contributed by atoms with E-state index in [2.05, 4.69) is 5.32 Å². The lowest BCUT2D eigenvalue weighted by molar-refractivity contribution is -0.137. The highest BCUT2D eigenvalue weighted by molar-refractivity contribution is 5.90. The van der Waals surface area contributed by atoms with Crippen LogP contribution in [-0.2, 0) is 22.3 Å². The molecule has 3 N–H and O–H groups in total. The Morgan fingerprint density at radius 3 is 2.45 bits per heavy atom. The topological polar surface area (TPSA) is 84.7 Å². The van der Waals surface area contributed by atoms with E-state index in [1.807, 2.05) is 0 Å². The van der Waals surface area contributed by atoms with E-state index in [9.17, 15) is 27.2 Å². The van der Waals surface area contributed by atoms with Crippen molar-refractivity contribution in [3.05, 3.63) is 35.1 Å². The number of rotatable bonds is 3. The largest absolute Gasteiger partial charge is 0.444 e. The second-order valence-corrected chi connectivity index (χ2v) is 8.36. The molecule has 0 radical (unpaired) electrons. The summed E-state index contributed by atoms with van der Waals surface area (Å²) >= 11 is 0. The molecule has 1 saturated heterocycles. The fraction of sp³-hybridized carbons (Fsp3) is 0.579. The first kappa shape index (κ1) is 22.9. The van der Waals surface area contributed by atoms with E-state index in [-0.39, 0.29) is 25.1 Å². The molecule has 1 aliphatic heterocycles. The standard InChI is InChI=1S/C19H25F4N3O3/c1-17(2,3)29-16(28)26-10-14(24)8-18(26,4)15(27)25-9-11-5-12(19(21,22)23)7-13(20)6-11/h5-7,14H,8-10,24H2,1-4H3,(H,25,27). The summed E-state index contributed by atoms with van der Waals surface area (Å²) in [7, 11) is 0. The van der Waals surface area contributed by atoms with Crippen molar-refractivity contribution in [1.82, 2.24) is 10.2 Å². The van der Waals surface area contributed by atoms with Crippen LogP contribution in [-0.4, -0.2) is 40.6 Å². The van der Waals surface area contributed by atoms with Crippen molar-refractivity contribution >= 4 is 12.0 Å². The van der Waals surface area contributed by atoms with Gasteiger partial charge in [-0.2, -0.15) is 13.2 Å². The zero-order chi connectivity index (χ0) is 22.2. The molecule has 10 heteroatoms. The number of alkyl halides is 3. The van der Waals surface area contributed by atoms with Crippen LogP contribution in [0.4, 0.5) is 22.4 Å².